The van der Waals surface area contributed by atoms with Gasteiger partial charge in [0.05, 0.1) is 19.3 Å². The van der Waals surface area contributed by atoms with Gasteiger partial charge in [0.25, 0.3) is 0 Å². The summed E-state index contributed by atoms with van der Waals surface area (Å²) in [6, 6.07) is 6.16. The normalized spacial score (nSPS) is 10.6. The maximum Gasteiger partial charge on any atom is 0.122 e. The maximum atomic E-state index is 5.33. The Bertz CT molecular complexity index is 525. The number of hydrogen-bond donors (Lipinski definition) is 2. The van der Waals surface area contributed by atoms with Crippen molar-refractivity contribution in [2.24, 2.45) is 5.84 Å². The van der Waals surface area contributed by atoms with Crippen LogP contribution in [0.3, 0.4) is 0 Å². The second kappa shape index (κ2) is 5.95. The van der Waals surface area contributed by atoms with Crippen LogP contribution in [0.1, 0.15) is 17.5 Å². The van der Waals surface area contributed by atoms with Crippen LogP contribution in [-0.4, -0.2) is 12.1 Å². The lowest BCUT2D eigenvalue weighted by Crippen LogP contribution is -2.20. The van der Waals surface area contributed by atoms with Crippen LogP contribution in [-0.2, 0) is 13.0 Å². The van der Waals surface area contributed by atoms with E-state index >= 15 is 0 Å². The highest BCUT2D eigenvalue weighted by Gasteiger charge is 2.07. The molecule has 0 fully saturated rings. The summed E-state index contributed by atoms with van der Waals surface area (Å²) in [5, 5.41) is 3.04. The van der Waals surface area contributed by atoms with Crippen molar-refractivity contribution in [1.82, 2.24) is 10.4 Å². The lowest BCUT2D eigenvalue weighted by Gasteiger charge is -2.07. The lowest BCUT2D eigenvalue weighted by molar-refractivity contribution is 0.410. The molecule has 18 heavy (non-hydrogen) atoms. The Hall–Kier alpha value is -1.43. The second-order valence-corrected chi connectivity index (χ2v) is 4.83. The summed E-state index contributed by atoms with van der Waals surface area (Å²) >= 11 is 1.61. The van der Waals surface area contributed by atoms with Gasteiger partial charge in [-0.05, 0) is 30.2 Å². The highest BCUT2D eigenvalue weighted by molar-refractivity contribution is 7.09. The molecule has 0 aliphatic heterocycles. The third kappa shape index (κ3) is 2.69. The van der Waals surface area contributed by atoms with E-state index < -0.39 is 0 Å². The van der Waals surface area contributed by atoms with Crippen LogP contribution in [0.25, 0.3) is 11.3 Å². The first-order valence-corrected chi connectivity index (χ1v) is 6.71. The van der Waals surface area contributed by atoms with Crippen LogP contribution < -0.4 is 16.0 Å². The first kappa shape index (κ1) is 13.0. The van der Waals surface area contributed by atoms with Crippen molar-refractivity contribution in [2.75, 3.05) is 7.11 Å². The molecule has 3 N–H and O–H groups in total. The monoisotopic (exact) mass is 263 g/mol. The number of hydrogen-bond acceptors (Lipinski definition) is 5. The zero-order chi connectivity index (χ0) is 13.0. The van der Waals surface area contributed by atoms with Crippen molar-refractivity contribution < 1.29 is 4.74 Å². The van der Waals surface area contributed by atoms with Crippen molar-refractivity contribution in [3.8, 4) is 17.0 Å². The van der Waals surface area contributed by atoms with E-state index in [1.54, 1.807) is 18.4 Å². The van der Waals surface area contributed by atoms with E-state index in [9.17, 15) is 0 Å². The van der Waals surface area contributed by atoms with E-state index in [1.807, 2.05) is 17.5 Å². The number of rotatable bonds is 5. The van der Waals surface area contributed by atoms with Gasteiger partial charge in [0, 0.05) is 10.9 Å². The molecule has 5 heteroatoms. The number of thiazole rings is 1. The van der Waals surface area contributed by atoms with E-state index in [0.29, 0.717) is 6.54 Å². The molecule has 0 saturated heterocycles. The molecule has 2 rings (SSSR count). The van der Waals surface area contributed by atoms with Gasteiger partial charge in [-0.2, -0.15) is 0 Å². The number of hydrazine groups is 1. The topological polar surface area (TPSA) is 60.2 Å². The van der Waals surface area contributed by atoms with Crippen molar-refractivity contribution in [3.63, 3.8) is 0 Å². The molecule has 0 saturated carbocycles. The Morgan fingerprint density at radius 3 is 2.94 bits per heavy atom. The molecule has 96 valence electrons. The Balaban J connectivity index is 2.31. The molecule has 0 unspecified atom stereocenters. The number of aryl methyl sites for hydroxylation is 1. The number of nitrogens with zero attached hydrogens (tertiary/aromatic N) is 1. The van der Waals surface area contributed by atoms with Crippen molar-refractivity contribution in [2.45, 2.75) is 19.9 Å². The molecular formula is C13H17N3OS. The van der Waals surface area contributed by atoms with Crippen molar-refractivity contribution in [1.29, 1.82) is 0 Å². The third-order valence-electron chi connectivity index (χ3n) is 2.76. The molecule has 1 heterocycles. The van der Waals surface area contributed by atoms with Crippen LogP contribution in [0, 0.1) is 0 Å². The Morgan fingerprint density at radius 1 is 1.44 bits per heavy atom. The van der Waals surface area contributed by atoms with E-state index in [0.717, 1.165) is 28.4 Å². The fraction of sp³-hybridized carbons (Fsp3) is 0.308. The summed E-state index contributed by atoms with van der Waals surface area (Å²) < 4.78 is 5.33. The molecule has 0 amide bonds. The minimum absolute atomic E-state index is 0.599. The summed E-state index contributed by atoms with van der Waals surface area (Å²) in [6.07, 6.45) is 0.943. The predicted molar refractivity (Wildman–Crippen MR) is 74.5 cm³/mol. The molecular weight excluding hydrogens is 246 g/mol. The molecule has 4 nitrogen and oxygen atoms in total. The molecule has 0 bridgehead atoms. The van der Waals surface area contributed by atoms with Gasteiger partial charge in [0.15, 0.2) is 0 Å². The molecule has 0 aliphatic carbocycles. The van der Waals surface area contributed by atoms with Crippen molar-refractivity contribution >= 4 is 11.3 Å². The van der Waals surface area contributed by atoms with Gasteiger partial charge in [-0.3, -0.25) is 11.3 Å². The first-order chi connectivity index (χ1) is 8.78. The summed E-state index contributed by atoms with van der Waals surface area (Å²) in [5.74, 6) is 6.22. The van der Waals surface area contributed by atoms with Crippen LogP contribution in [0.5, 0.6) is 5.75 Å². The Morgan fingerprint density at radius 2 is 2.28 bits per heavy atom. The van der Waals surface area contributed by atoms with Crippen molar-refractivity contribution in [3.05, 3.63) is 34.2 Å². The molecule has 1 aromatic carbocycles. The number of nitrogens with one attached hydrogen (secondary N) is 1. The van der Waals surface area contributed by atoms with E-state index in [2.05, 4.69) is 23.4 Å². The molecule has 0 spiro atoms. The summed E-state index contributed by atoms with van der Waals surface area (Å²) in [7, 11) is 1.70. The smallest absolute Gasteiger partial charge is 0.122 e. The first-order valence-electron chi connectivity index (χ1n) is 5.83. The summed E-state index contributed by atoms with van der Waals surface area (Å²) in [5.41, 5.74) is 5.92. The predicted octanol–water partition coefficient (Wildman–Crippen LogP) is 2.34. The lowest BCUT2D eigenvalue weighted by atomic mass is 10.1. The minimum atomic E-state index is 0.599. The average Bonchev–Trinajstić information content (AvgIpc) is 2.87. The third-order valence-corrected chi connectivity index (χ3v) is 3.61. The van der Waals surface area contributed by atoms with E-state index in [1.165, 1.54) is 5.56 Å². The average molecular weight is 263 g/mol. The largest absolute Gasteiger partial charge is 0.496 e. The highest BCUT2D eigenvalue weighted by Crippen LogP contribution is 2.27. The molecule has 1 aromatic heterocycles. The highest BCUT2D eigenvalue weighted by atomic mass is 32.1. The Labute approximate surface area is 111 Å². The number of nitrogens with two attached hydrogens (primary N) is 1. The van der Waals surface area contributed by atoms with Gasteiger partial charge >= 0.3 is 0 Å². The SMILES string of the molecule is CCc1cc(-c2csc(CNN)n2)ccc1OC. The van der Waals surface area contributed by atoms with Gasteiger partial charge in [-0.1, -0.05) is 6.92 Å². The van der Waals surface area contributed by atoms with Crippen LogP contribution >= 0.6 is 11.3 Å². The minimum Gasteiger partial charge on any atom is -0.496 e. The standard InChI is InChI=1S/C13H17N3OS/c1-3-9-6-10(4-5-12(9)17-2)11-8-18-13(16-11)7-15-14/h4-6,8,15H,3,7,14H2,1-2H3. The van der Waals surface area contributed by atoms with Gasteiger partial charge in [0.2, 0.25) is 0 Å². The fourth-order valence-electron chi connectivity index (χ4n) is 1.83. The number of aromatic nitrogens is 1. The van der Waals surface area contributed by atoms with Gasteiger partial charge < -0.3 is 4.74 Å². The fourth-order valence-corrected chi connectivity index (χ4v) is 2.58. The number of methoxy groups -OCH3 is 1. The molecule has 0 atom stereocenters. The number of benzene rings is 1. The van der Waals surface area contributed by atoms with Gasteiger partial charge in [-0.25, -0.2) is 4.98 Å². The molecule has 2 aromatic rings. The molecule has 0 radical (unpaired) electrons. The quantitative estimate of drug-likeness (QED) is 0.642. The second-order valence-electron chi connectivity index (χ2n) is 3.89. The Kier molecular flexibility index (Phi) is 4.30. The zero-order valence-electron chi connectivity index (χ0n) is 10.6. The van der Waals surface area contributed by atoms with Crippen LogP contribution in [0.4, 0.5) is 0 Å². The zero-order valence-corrected chi connectivity index (χ0v) is 11.4. The van der Waals surface area contributed by atoms with E-state index in [4.69, 9.17) is 10.6 Å². The number of ether oxygens (including phenoxy) is 1. The summed E-state index contributed by atoms with van der Waals surface area (Å²) in [4.78, 5) is 4.54. The van der Waals surface area contributed by atoms with Gasteiger partial charge in [0.1, 0.15) is 10.8 Å². The van der Waals surface area contributed by atoms with Crippen LogP contribution in [0.2, 0.25) is 0 Å². The summed E-state index contributed by atoms with van der Waals surface area (Å²) in [6.45, 7) is 2.72. The van der Waals surface area contributed by atoms with E-state index in [-0.39, 0.29) is 0 Å². The van der Waals surface area contributed by atoms with Gasteiger partial charge in [-0.15, -0.1) is 11.3 Å². The maximum absolute atomic E-state index is 5.33. The van der Waals surface area contributed by atoms with Crippen LogP contribution in [0.15, 0.2) is 23.6 Å². The molecule has 0 aliphatic rings.